The van der Waals surface area contributed by atoms with Gasteiger partial charge in [-0.15, -0.1) is 0 Å². The van der Waals surface area contributed by atoms with E-state index in [1.165, 1.54) is 0 Å². The molecule has 1 aromatic rings. The molecular formula is C10H10ClNO2. The van der Waals surface area contributed by atoms with Gasteiger partial charge in [0.1, 0.15) is 11.9 Å². The second kappa shape index (κ2) is 3.88. The standard InChI is InChI=1S/C10H10ClNO2/c11-8-1-3-9(4-2-8)14-10-5-12(6-10)7-13/h1-4,7,10H,5-6H2. The van der Waals surface area contributed by atoms with E-state index in [0.29, 0.717) is 18.1 Å². The van der Waals surface area contributed by atoms with Gasteiger partial charge in [-0.2, -0.15) is 0 Å². The summed E-state index contributed by atoms with van der Waals surface area (Å²) in [6.45, 7) is 1.35. The topological polar surface area (TPSA) is 29.5 Å². The number of rotatable bonds is 3. The first-order chi connectivity index (χ1) is 6.78. The maximum atomic E-state index is 10.3. The first-order valence-corrected chi connectivity index (χ1v) is 4.77. The molecule has 0 N–H and O–H groups in total. The molecule has 0 aliphatic carbocycles. The van der Waals surface area contributed by atoms with Crippen LogP contribution in [0.15, 0.2) is 24.3 Å². The summed E-state index contributed by atoms with van der Waals surface area (Å²) in [4.78, 5) is 11.9. The van der Waals surface area contributed by atoms with Crippen LogP contribution in [0.3, 0.4) is 0 Å². The summed E-state index contributed by atoms with van der Waals surface area (Å²) in [7, 11) is 0. The minimum absolute atomic E-state index is 0.126. The van der Waals surface area contributed by atoms with Crippen molar-refractivity contribution < 1.29 is 9.53 Å². The van der Waals surface area contributed by atoms with Gasteiger partial charge in [-0.05, 0) is 24.3 Å². The summed E-state index contributed by atoms with van der Waals surface area (Å²) < 4.78 is 5.58. The van der Waals surface area contributed by atoms with Crippen LogP contribution in [0.1, 0.15) is 0 Å². The smallest absolute Gasteiger partial charge is 0.209 e. The summed E-state index contributed by atoms with van der Waals surface area (Å²) in [5.41, 5.74) is 0. The van der Waals surface area contributed by atoms with Crippen LogP contribution in [-0.2, 0) is 4.79 Å². The molecule has 0 radical (unpaired) electrons. The van der Waals surface area contributed by atoms with Crippen molar-refractivity contribution in [2.75, 3.05) is 13.1 Å². The van der Waals surface area contributed by atoms with E-state index in [1.54, 1.807) is 17.0 Å². The molecule has 1 saturated heterocycles. The number of nitrogens with zero attached hydrogens (tertiary/aromatic N) is 1. The number of amides is 1. The first kappa shape index (κ1) is 9.34. The zero-order valence-electron chi connectivity index (χ0n) is 7.52. The van der Waals surface area contributed by atoms with Crippen molar-refractivity contribution >= 4 is 18.0 Å². The normalized spacial score (nSPS) is 16.2. The second-order valence-electron chi connectivity index (χ2n) is 3.25. The third kappa shape index (κ3) is 1.99. The van der Waals surface area contributed by atoms with Crippen LogP contribution in [0.4, 0.5) is 0 Å². The Kier molecular flexibility index (Phi) is 2.59. The highest BCUT2D eigenvalue weighted by Crippen LogP contribution is 2.19. The van der Waals surface area contributed by atoms with E-state index in [1.807, 2.05) is 12.1 Å². The molecule has 0 aromatic heterocycles. The Hall–Kier alpha value is -1.22. The molecule has 2 rings (SSSR count). The molecular weight excluding hydrogens is 202 g/mol. The Balaban J connectivity index is 1.87. The van der Waals surface area contributed by atoms with Crippen LogP contribution in [-0.4, -0.2) is 30.5 Å². The van der Waals surface area contributed by atoms with Crippen LogP contribution in [0.5, 0.6) is 5.75 Å². The first-order valence-electron chi connectivity index (χ1n) is 4.39. The van der Waals surface area contributed by atoms with Gasteiger partial charge < -0.3 is 9.64 Å². The Morgan fingerprint density at radius 3 is 2.57 bits per heavy atom. The third-order valence-electron chi connectivity index (χ3n) is 2.14. The van der Waals surface area contributed by atoms with Gasteiger partial charge in [-0.25, -0.2) is 0 Å². The Morgan fingerprint density at radius 1 is 1.36 bits per heavy atom. The van der Waals surface area contributed by atoms with Crippen LogP contribution < -0.4 is 4.74 Å². The van der Waals surface area contributed by atoms with Gasteiger partial charge in [0.25, 0.3) is 0 Å². The Bertz CT molecular complexity index is 319. The van der Waals surface area contributed by atoms with Gasteiger partial charge in [-0.1, -0.05) is 11.6 Å². The predicted octanol–water partition coefficient (Wildman–Crippen LogP) is 1.56. The van der Waals surface area contributed by atoms with E-state index in [-0.39, 0.29) is 6.10 Å². The van der Waals surface area contributed by atoms with Gasteiger partial charge in [0.15, 0.2) is 0 Å². The fourth-order valence-electron chi connectivity index (χ4n) is 1.34. The molecule has 1 fully saturated rings. The molecule has 3 nitrogen and oxygen atoms in total. The molecule has 1 heterocycles. The number of halogens is 1. The number of likely N-dealkylation sites (tertiary alicyclic amines) is 1. The van der Waals surface area contributed by atoms with Gasteiger partial charge in [0, 0.05) is 5.02 Å². The van der Waals surface area contributed by atoms with Crippen LogP contribution in [0, 0.1) is 0 Å². The lowest BCUT2D eigenvalue weighted by atomic mass is 10.2. The summed E-state index contributed by atoms with van der Waals surface area (Å²) in [6.07, 6.45) is 0.961. The molecule has 1 aliphatic rings. The van der Waals surface area contributed by atoms with E-state index < -0.39 is 0 Å². The molecule has 0 saturated carbocycles. The number of hydrogen-bond donors (Lipinski definition) is 0. The quantitative estimate of drug-likeness (QED) is 0.711. The molecule has 0 spiro atoms. The van der Waals surface area contributed by atoms with E-state index in [9.17, 15) is 4.79 Å². The maximum absolute atomic E-state index is 10.3. The minimum Gasteiger partial charge on any atom is -0.487 e. The largest absolute Gasteiger partial charge is 0.487 e. The molecule has 0 unspecified atom stereocenters. The average Bonchev–Trinajstić information content (AvgIpc) is 2.13. The summed E-state index contributed by atoms with van der Waals surface area (Å²) >= 11 is 5.73. The fourth-order valence-corrected chi connectivity index (χ4v) is 1.46. The van der Waals surface area contributed by atoms with Crippen molar-refractivity contribution in [1.29, 1.82) is 0 Å². The van der Waals surface area contributed by atoms with Crippen molar-refractivity contribution in [2.45, 2.75) is 6.10 Å². The van der Waals surface area contributed by atoms with Crippen LogP contribution >= 0.6 is 11.6 Å². The van der Waals surface area contributed by atoms with Gasteiger partial charge in [-0.3, -0.25) is 4.79 Å². The molecule has 0 bridgehead atoms. The summed E-state index contributed by atoms with van der Waals surface area (Å²) in [6, 6.07) is 7.22. The third-order valence-corrected chi connectivity index (χ3v) is 2.39. The average molecular weight is 212 g/mol. The molecule has 0 atom stereocenters. The van der Waals surface area contributed by atoms with Crippen LogP contribution in [0.25, 0.3) is 0 Å². The highest BCUT2D eigenvalue weighted by Gasteiger charge is 2.26. The lowest BCUT2D eigenvalue weighted by Gasteiger charge is -2.36. The SMILES string of the molecule is O=CN1CC(Oc2ccc(Cl)cc2)C1. The van der Waals surface area contributed by atoms with Crippen molar-refractivity contribution in [2.24, 2.45) is 0 Å². The van der Waals surface area contributed by atoms with Crippen molar-refractivity contribution in [1.82, 2.24) is 4.90 Å². The number of benzene rings is 1. The Morgan fingerprint density at radius 2 is 2.00 bits per heavy atom. The van der Waals surface area contributed by atoms with Crippen molar-refractivity contribution in [3.63, 3.8) is 0 Å². The second-order valence-corrected chi connectivity index (χ2v) is 3.69. The molecule has 14 heavy (non-hydrogen) atoms. The molecule has 74 valence electrons. The van der Waals surface area contributed by atoms with E-state index in [4.69, 9.17) is 16.3 Å². The zero-order chi connectivity index (χ0) is 9.97. The number of carbonyl (C=O) groups is 1. The molecule has 1 amide bonds. The number of ether oxygens (including phenoxy) is 1. The summed E-state index contributed by atoms with van der Waals surface area (Å²) in [5, 5.41) is 0.695. The zero-order valence-corrected chi connectivity index (χ0v) is 8.28. The van der Waals surface area contributed by atoms with E-state index in [2.05, 4.69) is 0 Å². The molecule has 1 aliphatic heterocycles. The van der Waals surface area contributed by atoms with Gasteiger partial charge in [0.05, 0.1) is 13.1 Å². The lowest BCUT2D eigenvalue weighted by molar-refractivity contribution is -0.126. The minimum atomic E-state index is 0.126. The van der Waals surface area contributed by atoms with E-state index >= 15 is 0 Å². The number of hydrogen-bond acceptors (Lipinski definition) is 2. The van der Waals surface area contributed by atoms with Crippen LogP contribution in [0.2, 0.25) is 5.02 Å². The summed E-state index contributed by atoms with van der Waals surface area (Å²) in [5.74, 6) is 0.796. The predicted molar refractivity (Wildman–Crippen MR) is 53.5 cm³/mol. The highest BCUT2D eigenvalue weighted by molar-refractivity contribution is 6.30. The monoisotopic (exact) mass is 211 g/mol. The highest BCUT2D eigenvalue weighted by atomic mass is 35.5. The van der Waals surface area contributed by atoms with Crippen molar-refractivity contribution in [3.8, 4) is 5.75 Å². The fraction of sp³-hybridized carbons (Fsp3) is 0.300. The van der Waals surface area contributed by atoms with Gasteiger partial charge >= 0.3 is 0 Å². The number of carbonyl (C=O) groups excluding carboxylic acids is 1. The Labute approximate surface area is 87.2 Å². The molecule has 4 heteroatoms. The lowest BCUT2D eigenvalue weighted by Crippen LogP contribution is -2.52. The van der Waals surface area contributed by atoms with E-state index in [0.717, 1.165) is 12.2 Å². The van der Waals surface area contributed by atoms with Crippen molar-refractivity contribution in [3.05, 3.63) is 29.3 Å². The molecule has 1 aromatic carbocycles. The van der Waals surface area contributed by atoms with Gasteiger partial charge in [0.2, 0.25) is 6.41 Å². The maximum Gasteiger partial charge on any atom is 0.209 e.